The lowest BCUT2D eigenvalue weighted by Gasteiger charge is -1.85. The van der Waals surface area contributed by atoms with E-state index >= 15 is 0 Å². The van der Waals surface area contributed by atoms with Crippen molar-refractivity contribution in [2.45, 2.75) is 14.9 Å². The smallest absolute Gasteiger partial charge is 0.264 e. The normalized spacial score (nSPS) is 10.0. The van der Waals surface area contributed by atoms with Crippen molar-refractivity contribution in [2.24, 2.45) is 0 Å². The van der Waals surface area contributed by atoms with Crippen molar-refractivity contribution in [2.75, 3.05) is 26.7 Å². The minimum atomic E-state index is -3.16. The summed E-state index contributed by atoms with van der Waals surface area (Å²) in [4.78, 5) is 0. The van der Waals surface area contributed by atoms with Crippen molar-refractivity contribution >= 4 is 20.1 Å². The Bertz CT molecular complexity index is 260. The fourth-order valence-electron chi connectivity index (χ4n) is 0. The van der Waals surface area contributed by atoms with Crippen LogP contribution in [0.5, 0.6) is 0 Å². The Labute approximate surface area is 87.8 Å². The van der Waals surface area contributed by atoms with E-state index in [9.17, 15) is 16.8 Å². The molecule has 0 aromatic rings. The average molecular weight is 251 g/mol. The Morgan fingerprint density at radius 1 is 1.00 bits per heavy atom. The van der Waals surface area contributed by atoms with E-state index in [0.717, 1.165) is 19.6 Å². The standard InChI is InChI=1S/C2H7NO2S.C2H6O3S.2CH4/c1-3-6(2,4)5;1-5-6(2,3)4;;/h3H,1-2H3;1-2H3;2*1H4. The first kappa shape index (κ1) is 23.6. The van der Waals surface area contributed by atoms with Crippen LogP contribution in [0.15, 0.2) is 0 Å². The van der Waals surface area contributed by atoms with Gasteiger partial charge in [-0.05, 0) is 7.05 Å². The summed E-state index contributed by atoms with van der Waals surface area (Å²) in [6, 6.07) is 0. The molecular weight excluding hydrogens is 230 g/mol. The van der Waals surface area contributed by atoms with Crippen molar-refractivity contribution in [3.05, 3.63) is 0 Å². The molecule has 14 heavy (non-hydrogen) atoms. The molecule has 0 atom stereocenters. The molecule has 0 bridgehead atoms. The second-order valence-electron chi connectivity index (χ2n) is 1.85. The van der Waals surface area contributed by atoms with Crippen LogP contribution in [0, 0.1) is 0 Å². The van der Waals surface area contributed by atoms with Crippen molar-refractivity contribution in [1.82, 2.24) is 4.72 Å². The molecule has 8 heteroatoms. The van der Waals surface area contributed by atoms with Gasteiger partial charge in [0.15, 0.2) is 0 Å². The predicted octanol–water partition coefficient (Wildman–Crippen LogP) is 0.0300. The molecule has 0 heterocycles. The molecule has 0 rings (SSSR count). The maximum absolute atomic E-state index is 9.89. The van der Waals surface area contributed by atoms with Gasteiger partial charge in [-0.25, -0.2) is 13.1 Å². The maximum Gasteiger partial charge on any atom is 0.264 e. The molecule has 6 nitrogen and oxygen atoms in total. The summed E-state index contributed by atoms with van der Waals surface area (Å²) < 4.78 is 45.3. The van der Waals surface area contributed by atoms with Gasteiger partial charge in [-0.1, -0.05) is 14.9 Å². The fraction of sp³-hybridized carbons (Fsp3) is 1.00. The Hall–Kier alpha value is -0.180. The largest absolute Gasteiger partial charge is 0.274 e. The molecule has 0 spiro atoms. The topological polar surface area (TPSA) is 89.5 Å². The summed E-state index contributed by atoms with van der Waals surface area (Å²) in [5.41, 5.74) is 0. The van der Waals surface area contributed by atoms with E-state index in [0.29, 0.717) is 0 Å². The van der Waals surface area contributed by atoms with E-state index in [1.165, 1.54) is 7.05 Å². The third kappa shape index (κ3) is 40.9. The minimum Gasteiger partial charge on any atom is -0.274 e. The van der Waals surface area contributed by atoms with E-state index < -0.39 is 20.1 Å². The number of hydrogen-bond donors (Lipinski definition) is 1. The SMILES string of the molecule is C.C.CNS(C)(=O)=O.COS(C)(=O)=O. The van der Waals surface area contributed by atoms with Crippen molar-refractivity contribution in [1.29, 1.82) is 0 Å². The Balaban J connectivity index is -0.0000000625. The first-order valence-electron chi connectivity index (χ1n) is 2.76. The molecule has 0 fully saturated rings. The predicted molar refractivity (Wildman–Crippen MR) is 59.2 cm³/mol. The summed E-state index contributed by atoms with van der Waals surface area (Å²) in [7, 11) is -3.58. The summed E-state index contributed by atoms with van der Waals surface area (Å²) in [5.74, 6) is 0. The van der Waals surface area contributed by atoms with Crippen LogP contribution in [-0.4, -0.2) is 43.5 Å². The van der Waals surface area contributed by atoms with Gasteiger partial charge in [0.05, 0.1) is 19.6 Å². The molecule has 1 N–H and O–H groups in total. The van der Waals surface area contributed by atoms with Gasteiger partial charge in [0.2, 0.25) is 10.0 Å². The summed E-state index contributed by atoms with van der Waals surface area (Å²) in [6.07, 6.45) is 2.10. The number of nitrogens with one attached hydrogen (secondary N) is 1. The van der Waals surface area contributed by atoms with Crippen LogP contribution < -0.4 is 4.72 Å². The highest BCUT2D eigenvalue weighted by Crippen LogP contribution is 1.75. The highest BCUT2D eigenvalue weighted by molar-refractivity contribution is 7.88. The maximum atomic E-state index is 9.89. The highest BCUT2D eigenvalue weighted by Gasteiger charge is 1.90. The van der Waals surface area contributed by atoms with Crippen LogP contribution in [-0.2, 0) is 24.3 Å². The van der Waals surface area contributed by atoms with Gasteiger partial charge in [-0.15, -0.1) is 0 Å². The molecule has 0 radical (unpaired) electrons. The zero-order chi connectivity index (χ0) is 10.4. The highest BCUT2D eigenvalue weighted by atomic mass is 32.2. The first-order chi connectivity index (χ1) is 5.12. The van der Waals surface area contributed by atoms with E-state index in [2.05, 4.69) is 8.91 Å². The van der Waals surface area contributed by atoms with E-state index in [1.54, 1.807) is 0 Å². The Morgan fingerprint density at radius 2 is 1.14 bits per heavy atom. The third-order valence-electron chi connectivity index (χ3n) is 0.674. The van der Waals surface area contributed by atoms with Crippen LogP contribution in [0.25, 0.3) is 0 Å². The third-order valence-corrected chi connectivity index (χ3v) is 2.02. The number of rotatable bonds is 2. The van der Waals surface area contributed by atoms with Crippen LogP contribution in [0.1, 0.15) is 14.9 Å². The van der Waals surface area contributed by atoms with E-state index in [1.807, 2.05) is 0 Å². The monoisotopic (exact) mass is 251 g/mol. The van der Waals surface area contributed by atoms with Gasteiger partial charge in [0.1, 0.15) is 0 Å². The van der Waals surface area contributed by atoms with Crippen LogP contribution in [0.4, 0.5) is 0 Å². The minimum absolute atomic E-state index is 0. The van der Waals surface area contributed by atoms with Gasteiger partial charge < -0.3 is 0 Å². The molecule has 0 aliphatic rings. The second-order valence-corrected chi connectivity index (χ2v) is 5.54. The number of sulfonamides is 1. The first-order valence-corrected chi connectivity index (χ1v) is 6.47. The van der Waals surface area contributed by atoms with Gasteiger partial charge in [-0.2, -0.15) is 8.42 Å². The zero-order valence-electron chi connectivity index (χ0n) is 7.36. The molecule has 0 saturated carbocycles. The summed E-state index contributed by atoms with van der Waals surface area (Å²) in [6.45, 7) is 0. The van der Waals surface area contributed by atoms with Crippen molar-refractivity contribution in [3.8, 4) is 0 Å². The lowest BCUT2D eigenvalue weighted by Crippen LogP contribution is -2.15. The Kier molecular flexibility index (Phi) is 15.8. The quantitative estimate of drug-likeness (QED) is 0.699. The van der Waals surface area contributed by atoms with E-state index in [-0.39, 0.29) is 14.9 Å². The average Bonchev–Trinajstić information content (AvgIpc) is 1.86. The lowest BCUT2D eigenvalue weighted by atomic mass is 11.6. The van der Waals surface area contributed by atoms with Gasteiger partial charge in [-0.3, -0.25) is 4.18 Å². The summed E-state index contributed by atoms with van der Waals surface area (Å²) >= 11 is 0. The molecule has 0 aliphatic heterocycles. The molecule has 0 saturated heterocycles. The van der Waals surface area contributed by atoms with Gasteiger partial charge in [0, 0.05) is 0 Å². The molecule has 92 valence electrons. The number of hydrogen-bond acceptors (Lipinski definition) is 5. The Morgan fingerprint density at radius 3 is 1.14 bits per heavy atom. The van der Waals surface area contributed by atoms with Crippen LogP contribution in [0.3, 0.4) is 0 Å². The fourth-order valence-corrected chi connectivity index (χ4v) is 0. The molecule has 0 aliphatic carbocycles. The van der Waals surface area contributed by atoms with E-state index in [4.69, 9.17) is 0 Å². The summed E-state index contributed by atoms with van der Waals surface area (Å²) in [5, 5.41) is 0. The van der Waals surface area contributed by atoms with Crippen molar-refractivity contribution in [3.63, 3.8) is 0 Å². The van der Waals surface area contributed by atoms with Crippen LogP contribution in [0.2, 0.25) is 0 Å². The molecule has 0 aromatic heterocycles. The molecule has 0 aromatic carbocycles. The lowest BCUT2D eigenvalue weighted by molar-refractivity contribution is 0.403. The van der Waals surface area contributed by atoms with Gasteiger partial charge in [0.25, 0.3) is 10.1 Å². The molecule has 0 unspecified atom stereocenters. The molecular formula is C6H21NO5S2. The zero-order valence-corrected chi connectivity index (χ0v) is 8.99. The molecule has 0 amide bonds. The van der Waals surface area contributed by atoms with Gasteiger partial charge >= 0.3 is 0 Å². The van der Waals surface area contributed by atoms with Crippen LogP contribution >= 0.6 is 0 Å². The second kappa shape index (κ2) is 9.38. The van der Waals surface area contributed by atoms with Crippen molar-refractivity contribution < 1.29 is 21.0 Å².